The minimum atomic E-state index is -3.91. The lowest BCUT2D eigenvalue weighted by Gasteiger charge is -2.36. The summed E-state index contributed by atoms with van der Waals surface area (Å²) in [5.41, 5.74) is 0.525. The summed E-state index contributed by atoms with van der Waals surface area (Å²) in [5.74, 6) is -1.22. The summed E-state index contributed by atoms with van der Waals surface area (Å²) in [7, 11) is -1.44. The van der Waals surface area contributed by atoms with Crippen molar-refractivity contribution in [1.82, 2.24) is 4.90 Å². The first-order valence-corrected chi connectivity index (χ1v) is 11.6. The molecule has 2 atom stereocenters. The van der Waals surface area contributed by atoms with Gasteiger partial charge in [-0.2, -0.15) is 0 Å². The number of ether oxygens (including phenoxy) is 2. The fourth-order valence-corrected chi connectivity index (χ4v) is 5.09. The predicted octanol–water partition coefficient (Wildman–Crippen LogP) is 4.03. The van der Waals surface area contributed by atoms with E-state index in [0.717, 1.165) is 0 Å². The summed E-state index contributed by atoms with van der Waals surface area (Å²) < 4.78 is 35.5. The zero-order valence-corrected chi connectivity index (χ0v) is 19.3. The van der Waals surface area contributed by atoms with Gasteiger partial charge in [0.2, 0.25) is 6.29 Å². The van der Waals surface area contributed by atoms with Crippen LogP contribution in [-0.2, 0) is 27.9 Å². The molecule has 172 valence electrons. The lowest BCUT2D eigenvalue weighted by atomic mass is 9.92. The maximum atomic E-state index is 13.5. The van der Waals surface area contributed by atoms with Crippen LogP contribution in [0.5, 0.6) is 0 Å². The van der Waals surface area contributed by atoms with Crippen molar-refractivity contribution in [2.24, 2.45) is 0 Å². The molecule has 0 aliphatic carbocycles. The van der Waals surface area contributed by atoms with E-state index in [0.29, 0.717) is 25.3 Å². The van der Waals surface area contributed by atoms with Gasteiger partial charge in [-0.25, -0.2) is 0 Å². The largest absolute Gasteiger partial charge is 0.458 e. The first-order valence-electron chi connectivity index (χ1n) is 10.0. The molecule has 0 saturated carbocycles. The van der Waals surface area contributed by atoms with Crippen molar-refractivity contribution in [1.29, 1.82) is 0 Å². The molecule has 1 aromatic carbocycles. The van der Waals surface area contributed by atoms with E-state index in [1.165, 1.54) is 31.3 Å². The number of hydrogen-bond acceptors (Lipinski definition) is 8. The molecule has 2 rings (SSSR count). The highest BCUT2D eigenvalue weighted by atomic mass is 31.2. The van der Waals surface area contributed by atoms with Crippen molar-refractivity contribution >= 4 is 19.2 Å². The lowest BCUT2D eigenvalue weighted by Crippen LogP contribution is -2.38. The van der Waals surface area contributed by atoms with Gasteiger partial charge >= 0.3 is 7.60 Å². The number of non-ortho nitro benzene ring substituents is 1. The quantitative estimate of drug-likeness (QED) is 0.294. The number of nitro benzene ring substituents is 1. The first kappa shape index (κ1) is 25.0. The van der Waals surface area contributed by atoms with Gasteiger partial charge in [0.1, 0.15) is 0 Å². The maximum absolute atomic E-state index is 13.5. The van der Waals surface area contributed by atoms with Gasteiger partial charge in [0.25, 0.3) is 11.6 Å². The molecule has 1 aromatic rings. The Kier molecular flexibility index (Phi) is 8.76. The first-order chi connectivity index (χ1) is 14.8. The number of nitro groups is 1. The number of hydrogen-bond donors (Lipinski definition) is 0. The van der Waals surface area contributed by atoms with Crippen molar-refractivity contribution < 1.29 is 32.8 Å². The summed E-state index contributed by atoms with van der Waals surface area (Å²) in [6, 6.07) is 5.83. The average Bonchev–Trinajstić information content (AvgIpc) is 2.79. The molecule has 0 aromatic heterocycles. The van der Waals surface area contributed by atoms with E-state index in [-0.39, 0.29) is 23.2 Å². The minimum Gasteiger partial charge on any atom is -0.458 e. The van der Waals surface area contributed by atoms with Crippen LogP contribution in [0.25, 0.3) is 0 Å². The van der Waals surface area contributed by atoms with Crippen LogP contribution in [0.1, 0.15) is 38.7 Å². The number of allylic oxidation sites excluding steroid dienone is 1. The normalized spacial score (nSPS) is 19.1. The van der Waals surface area contributed by atoms with E-state index in [1.807, 2.05) is 13.8 Å². The smallest absolute Gasteiger partial charge is 0.361 e. The van der Waals surface area contributed by atoms with Gasteiger partial charge < -0.3 is 23.4 Å². The Balaban J connectivity index is 2.72. The van der Waals surface area contributed by atoms with Crippen LogP contribution >= 0.6 is 7.60 Å². The fraction of sp³-hybridized carbons (Fsp3) is 0.550. The SMILES string of the molecule is CCO[C@H]1C[C@@H](c2ccc([N+](=O)[O-])cc2)C(P(=O)(OC)OC)=C(C(=O)N(CC)CC)O1. The summed E-state index contributed by atoms with van der Waals surface area (Å²) >= 11 is 0. The number of rotatable bonds is 10. The zero-order chi connectivity index (χ0) is 23.2. The summed E-state index contributed by atoms with van der Waals surface area (Å²) in [4.78, 5) is 25.4. The van der Waals surface area contributed by atoms with E-state index < -0.39 is 30.6 Å². The number of carbonyl (C=O) groups excluding carboxylic acids is 1. The molecule has 0 spiro atoms. The lowest BCUT2D eigenvalue weighted by molar-refractivity contribution is -0.384. The van der Waals surface area contributed by atoms with E-state index in [1.54, 1.807) is 19.1 Å². The monoisotopic (exact) mass is 456 g/mol. The number of benzene rings is 1. The number of amides is 1. The molecule has 1 aliphatic heterocycles. The number of nitrogens with zero attached hydrogens (tertiary/aromatic N) is 2. The van der Waals surface area contributed by atoms with Gasteiger partial charge in [0.15, 0.2) is 5.76 Å². The summed E-state index contributed by atoms with van der Waals surface area (Å²) in [5, 5.41) is 11.1. The Morgan fingerprint density at radius 3 is 2.23 bits per heavy atom. The minimum absolute atomic E-state index is 0.0798. The molecule has 0 bridgehead atoms. The Hall–Kier alpha value is -2.26. The third-order valence-electron chi connectivity index (χ3n) is 5.12. The predicted molar refractivity (Wildman–Crippen MR) is 114 cm³/mol. The molecule has 0 fully saturated rings. The molecule has 0 unspecified atom stereocenters. The van der Waals surface area contributed by atoms with Gasteiger partial charge in [-0.1, -0.05) is 12.1 Å². The third kappa shape index (κ3) is 5.33. The van der Waals surface area contributed by atoms with Crippen molar-refractivity contribution in [3.63, 3.8) is 0 Å². The van der Waals surface area contributed by atoms with Crippen molar-refractivity contribution in [2.75, 3.05) is 33.9 Å². The van der Waals surface area contributed by atoms with Crippen LogP contribution in [0.3, 0.4) is 0 Å². The summed E-state index contributed by atoms with van der Waals surface area (Å²) in [6.07, 6.45) is -0.544. The van der Waals surface area contributed by atoms with Crippen LogP contribution in [0.4, 0.5) is 5.69 Å². The molecule has 1 aliphatic rings. The fourth-order valence-electron chi connectivity index (χ4n) is 3.51. The third-order valence-corrected chi connectivity index (χ3v) is 7.19. The number of likely N-dealkylation sites (N-methyl/N-ethyl adjacent to an activating group) is 1. The van der Waals surface area contributed by atoms with Crippen LogP contribution in [0, 0.1) is 10.1 Å². The molecule has 0 N–H and O–H groups in total. The highest BCUT2D eigenvalue weighted by Gasteiger charge is 2.46. The van der Waals surface area contributed by atoms with Crippen LogP contribution < -0.4 is 0 Å². The van der Waals surface area contributed by atoms with Gasteiger partial charge in [-0.15, -0.1) is 0 Å². The zero-order valence-electron chi connectivity index (χ0n) is 18.4. The highest BCUT2D eigenvalue weighted by molar-refractivity contribution is 7.58. The van der Waals surface area contributed by atoms with E-state index in [9.17, 15) is 19.5 Å². The average molecular weight is 456 g/mol. The van der Waals surface area contributed by atoms with Gasteiger partial charge in [0.05, 0.1) is 10.2 Å². The van der Waals surface area contributed by atoms with Crippen molar-refractivity contribution in [3.05, 3.63) is 51.0 Å². The van der Waals surface area contributed by atoms with Gasteiger partial charge in [-0.3, -0.25) is 19.5 Å². The van der Waals surface area contributed by atoms with Crippen LogP contribution in [0.2, 0.25) is 0 Å². The van der Waals surface area contributed by atoms with Gasteiger partial charge in [0, 0.05) is 58.4 Å². The topological polar surface area (TPSA) is 117 Å². The summed E-state index contributed by atoms with van der Waals surface area (Å²) in [6.45, 7) is 6.62. The molecule has 10 nitrogen and oxygen atoms in total. The highest BCUT2D eigenvalue weighted by Crippen LogP contribution is 2.63. The van der Waals surface area contributed by atoms with Crippen molar-refractivity contribution in [3.8, 4) is 0 Å². The second kappa shape index (κ2) is 10.9. The molecule has 0 saturated heterocycles. The van der Waals surface area contributed by atoms with E-state index >= 15 is 0 Å². The van der Waals surface area contributed by atoms with Gasteiger partial charge in [-0.05, 0) is 26.3 Å². The standard InChI is InChI=1S/C20H29N2O8P/c1-6-21(7-2)20(23)18-19(31(26,27-4)28-5)16(13-17(30-18)29-8-3)14-9-11-15(12-10-14)22(24)25/h9-12,16-17H,6-8,13H2,1-5H3/t16-,17+/m0/s1. The number of carbonyl (C=O) groups is 1. The molecule has 0 radical (unpaired) electrons. The van der Waals surface area contributed by atoms with Crippen molar-refractivity contribution in [2.45, 2.75) is 39.4 Å². The molecular formula is C20H29N2O8P. The van der Waals surface area contributed by atoms with E-state index in [4.69, 9.17) is 18.5 Å². The second-order valence-electron chi connectivity index (χ2n) is 6.69. The Morgan fingerprint density at radius 1 is 1.19 bits per heavy atom. The van der Waals surface area contributed by atoms with E-state index in [2.05, 4.69) is 0 Å². The molecule has 11 heteroatoms. The van der Waals surface area contributed by atoms with Crippen LogP contribution in [-0.4, -0.2) is 55.9 Å². The molecule has 31 heavy (non-hydrogen) atoms. The Morgan fingerprint density at radius 2 is 1.77 bits per heavy atom. The van der Waals surface area contributed by atoms with Crippen LogP contribution in [0.15, 0.2) is 35.3 Å². The second-order valence-corrected chi connectivity index (χ2v) is 8.90. The molecule has 1 heterocycles. The Labute approximate surface area is 181 Å². The maximum Gasteiger partial charge on any atom is 0.361 e. The Bertz CT molecular complexity index is 858. The molecular weight excluding hydrogens is 427 g/mol. The molecule has 1 amide bonds.